The van der Waals surface area contributed by atoms with E-state index in [1.807, 2.05) is 6.92 Å². The van der Waals surface area contributed by atoms with Crippen molar-refractivity contribution in [3.63, 3.8) is 0 Å². The smallest absolute Gasteiger partial charge is 0.314 e. The number of carbonyl (C=O) groups is 1. The predicted molar refractivity (Wildman–Crippen MR) is 110 cm³/mol. The summed E-state index contributed by atoms with van der Waals surface area (Å²) >= 11 is 0. The standard InChI is InChI=1S/C11H20N2O3.C9H16O2/c1-4-6-15-9-10(16-7-5-2)8-13(3)11(12)14;1-4-6-10-8-9(3)11-7-5-2/h4-5,10H,1-2,6-9H2,3H3,(H2,12,14);4-5,9H,1-2,6-8H2,3H3. The fourth-order valence-corrected chi connectivity index (χ4v) is 1.63. The Labute approximate surface area is 164 Å². The highest BCUT2D eigenvalue weighted by molar-refractivity contribution is 5.71. The van der Waals surface area contributed by atoms with E-state index < -0.39 is 6.03 Å². The van der Waals surface area contributed by atoms with Crippen molar-refractivity contribution in [1.82, 2.24) is 4.90 Å². The van der Waals surface area contributed by atoms with Crippen molar-refractivity contribution in [3.05, 3.63) is 50.6 Å². The first-order valence-corrected chi connectivity index (χ1v) is 8.75. The summed E-state index contributed by atoms with van der Waals surface area (Å²) in [6.45, 7) is 19.6. The number of carbonyl (C=O) groups excluding carboxylic acids is 1. The molecule has 7 nitrogen and oxygen atoms in total. The number of primary amides is 1. The molecule has 2 amide bonds. The minimum atomic E-state index is -0.490. The van der Waals surface area contributed by atoms with Crippen LogP contribution in [0.15, 0.2) is 50.6 Å². The third kappa shape index (κ3) is 20.2. The molecule has 7 heteroatoms. The minimum absolute atomic E-state index is 0.132. The molecule has 0 aliphatic rings. The van der Waals surface area contributed by atoms with Crippen LogP contribution >= 0.6 is 0 Å². The van der Waals surface area contributed by atoms with Gasteiger partial charge in [-0.25, -0.2) is 4.79 Å². The normalized spacial score (nSPS) is 12.1. The first kappa shape index (κ1) is 27.3. The van der Waals surface area contributed by atoms with Gasteiger partial charge in [0.15, 0.2) is 0 Å². The van der Waals surface area contributed by atoms with E-state index in [1.165, 1.54) is 4.90 Å². The Balaban J connectivity index is 0. The summed E-state index contributed by atoms with van der Waals surface area (Å²) in [4.78, 5) is 12.2. The molecule has 0 aliphatic heterocycles. The number of hydrogen-bond donors (Lipinski definition) is 1. The number of hydrogen-bond acceptors (Lipinski definition) is 5. The van der Waals surface area contributed by atoms with E-state index in [-0.39, 0.29) is 12.2 Å². The first-order valence-electron chi connectivity index (χ1n) is 8.75. The summed E-state index contributed by atoms with van der Waals surface area (Å²) < 4.78 is 21.1. The lowest BCUT2D eigenvalue weighted by Crippen LogP contribution is -2.40. The summed E-state index contributed by atoms with van der Waals surface area (Å²) in [7, 11) is 1.61. The van der Waals surface area contributed by atoms with E-state index in [9.17, 15) is 4.79 Å². The van der Waals surface area contributed by atoms with E-state index in [2.05, 4.69) is 26.3 Å². The highest BCUT2D eigenvalue weighted by atomic mass is 16.5. The van der Waals surface area contributed by atoms with Crippen LogP contribution in [0.4, 0.5) is 4.79 Å². The van der Waals surface area contributed by atoms with Crippen LogP contribution in [0.25, 0.3) is 0 Å². The van der Waals surface area contributed by atoms with E-state index in [0.717, 1.165) is 0 Å². The van der Waals surface area contributed by atoms with Gasteiger partial charge in [0.25, 0.3) is 0 Å². The molecule has 0 spiro atoms. The summed E-state index contributed by atoms with van der Waals surface area (Å²) in [5.74, 6) is 0. The molecular weight excluding hydrogens is 348 g/mol. The van der Waals surface area contributed by atoms with Gasteiger partial charge in [0.1, 0.15) is 0 Å². The molecule has 2 N–H and O–H groups in total. The zero-order valence-corrected chi connectivity index (χ0v) is 16.8. The van der Waals surface area contributed by atoms with Crippen molar-refractivity contribution >= 4 is 6.03 Å². The molecule has 27 heavy (non-hydrogen) atoms. The molecule has 0 fully saturated rings. The lowest BCUT2D eigenvalue weighted by molar-refractivity contribution is -0.00777. The van der Waals surface area contributed by atoms with Gasteiger partial charge in [-0.1, -0.05) is 24.3 Å². The molecule has 0 aromatic rings. The van der Waals surface area contributed by atoms with Gasteiger partial charge in [-0.15, -0.1) is 26.3 Å². The van der Waals surface area contributed by atoms with Gasteiger partial charge < -0.3 is 29.6 Å². The lowest BCUT2D eigenvalue weighted by Gasteiger charge is -2.22. The fourth-order valence-electron chi connectivity index (χ4n) is 1.63. The second-order valence-corrected chi connectivity index (χ2v) is 5.55. The quantitative estimate of drug-likeness (QED) is 0.327. The zero-order chi connectivity index (χ0) is 20.9. The Kier molecular flexibility index (Phi) is 20.6. The van der Waals surface area contributed by atoms with Crippen LogP contribution in [0.5, 0.6) is 0 Å². The molecule has 156 valence electrons. The highest BCUT2D eigenvalue weighted by Crippen LogP contribution is 1.98. The predicted octanol–water partition coefficient (Wildman–Crippen LogP) is 2.55. The number of urea groups is 1. The maximum Gasteiger partial charge on any atom is 0.314 e. The molecule has 0 heterocycles. The van der Waals surface area contributed by atoms with Crippen molar-refractivity contribution in [2.45, 2.75) is 19.1 Å². The Morgan fingerprint density at radius 3 is 1.89 bits per heavy atom. The van der Waals surface area contributed by atoms with Crippen LogP contribution in [-0.2, 0) is 18.9 Å². The minimum Gasteiger partial charge on any atom is -0.375 e. The monoisotopic (exact) mass is 384 g/mol. The third-order valence-electron chi connectivity index (χ3n) is 2.93. The van der Waals surface area contributed by atoms with Crippen molar-refractivity contribution in [1.29, 1.82) is 0 Å². The van der Waals surface area contributed by atoms with Gasteiger partial charge >= 0.3 is 6.03 Å². The third-order valence-corrected chi connectivity index (χ3v) is 2.93. The maximum atomic E-state index is 10.9. The Hall–Kier alpha value is -1.93. The van der Waals surface area contributed by atoms with Crippen molar-refractivity contribution in [3.8, 4) is 0 Å². The van der Waals surface area contributed by atoms with Crippen LogP contribution in [-0.4, -0.2) is 76.4 Å². The van der Waals surface area contributed by atoms with E-state index in [4.69, 9.17) is 24.7 Å². The van der Waals surface area contributed by atoms with Crippen molar-refractivity contribution in [2.75, 3.05) is 53.2 Å². The molecule has 0 bridgehead atoms. The summed E-state index contributed by atoms with van der Waals surface area (Å²) in [5, 5.41) is 0. The molecule has 0 saturated heterocycles. The molecule has 2 unspecified atom stereocenters. The number of ether oxygens (including phenoxy) is 4. The number of amides is 2. The van der Waals surface area contributed by atoms with Crippen LogP contribution in [0.1, 0.15) is 6.92 Å². The number of likely N-dealkylation sites (N-methyl/N-ethyl adjacent to an activating group) is 1. The van der Waals surface area contributed by atoms with Crippen molar-refractivity contribution in [2.24, 2.45) is 5.73 Å². The lowest BCUT2D eigenvalue weighted by atomic mass is 10.3. The molecule has 0 saturated carbocycles. The average Bonchev–Trinajstić information content (AvgIpc) is 2.65. The van der Waals surface area contributed by atoms with Gasteiger partial charge in [0.05, 0.1) is 58.4 Å². The second kappa shape index (κ2) is 20.4. The highest BCUT2D eigenvalue weighted by Gasteiger charge is 2.14. The topological polar surface area (TPSA) is 83.3 Å². The fraction of sp³-hybridized carbons (Fsp3) is 0.550. The summed E-state index contributed by atoms with van der Waals surface area (Å²) in [6, 6.07) is -0.490. The van der Waals surface area contributed by atoms with E-state index >= 15 is 0 Å². The zero-order valence-electron chi connectivity index (χ0n) is 16.8. The van der Waals surface area contributed by atoms with Crippen LogP contribution in [0, 0.1) is 0 Å². The molecule has 0 radical (unpaired) electrons. The van der Waals surface area contributed by atoms with Gasteiger partial charge in [-0.05, 0) is 6.92 Å². The summed E-state index contributed by atoms with van der Waals surface area (Å²) in [5.41, 5.74) is 5.12. The van der Waals surface area contributed by atoms with Gasteiger partial charge in [-0.3, -0.25) is 0 Å². The van der Waals surface area contributed by atoms with Gasteiger partial charge in [0, 0.05) is 7.05 Å². The van der Waals surface area contributed by atoms with E-state index in [1.54, 1.807) is 31.4 Å². The van der Waals surface area contributed by atoms with Gasteiger partial charge in [0.2, 0.25) is 0 Å². The second-order valence-electron chi connectivity index (χ2n) is 5.55. The maximum absolute atomic E-state index is 10.9. The molecule has 0 aromatic heterocycles. The van der Waals surface area contributed by atoms with Crippen molar-refractivity contribution < 1.29 is 23.7 Å². The van der Waals surface area contributed by atoms with Crippen LogP contribution in [0.3, 0.4) is 0 Å². The Morgan fingerprint density at radius 1 is 0.926 bits per heavy atom. The molecule has 0 aliphatic carbocycles. The average molecular weight is 385 g/mol. The largest absolute Gasteiger partial charge is 0.375 e. The SMILES string of the molecule is C=CCOCC(C)OCC=C.C=CCOCC(CN(C)C(N)=O)OCC=C. The van der Waals surface area contributed by atoms with E-state index in [0.29, 0.717) is 46.2 Å². The molecule has 2 atom stereocenters. The van der Waals surface area contributed by atoms with Crippen LogP contribution < -0.4 is 5.73 Å². The first-order chi connectivity index (χ1) is 12.9. The van der Waals surface area contributed by atoms with Crippen LogP contribution in [0.2, 0.25) is 0 Å². The molecular formula is C20H36N2O5. The molecule has 0 rings (SSSR count). The number of nitrogens with zero attached hydrogens (tertiary/aromatic N) is 1. The molecule has 0 aromatic carbocycles. The Bertz CT molecular complexity index is 415. The summed E-state index contributed by atoms with van der Waals surface area (Å²) in [6.07, 6.45) is 6.67. The number of nitrogens with two attached hydrogens (primary N) is 1. The van der Waals surface area contributed by atoms with Gasteiger partial charge in [-0.2, -0.15) is 0 Å². The Morgan fingerprint density at radius 2 is 1.41 bits per heavy atom. The number of rotatable bonds is 16.